The van der Waals surface area contributed by atoms with Crippen LogP contribution in [-0.2, 0) is 4.79 Å². The largest absolute Gasteiger partial charge is 0.338 e. The summed E-state index contributed by atoms with van der Waals surface area (Å²) in [5.74, 6) is 0.182. The number of hydrazine groups is 1. The molecule has 0 aromatic carbocycles. The van der Waals surface area contributed by atoms with E-state index < -0.39 is 0 Å². The van der Waals surface area contributed by atoms with Crippen LogP contribution in [0.5, 0.6) is 0 Å². The Labute approximate surface area is 128 Å². The molecule has 1 heterocycles. The van der Waals surface area contributed by atoms with Crippen molar-refractivity contribution in [3.8, 4) is 0 Å². The number of hydrogen-bond donors (Lipinski definition) is 2. The minimum Gasteiger partial charge on any atom is -0.338 e. The van der Waals surface area contributed by atoms with Crippen molar-refractivity contribution >= 4 is 11.9 Å². The van der Waals surface area contributed by atoms with E-state index in [-0.39, 0.29) is 29.4 Å². The van der Waals surface area contributed by atoms with Crippen LogP contribution in [0.1, 0.15) is 47.5 Å². The van der Waals surface area contributed by atoms with E-state index in [0.717, 1.165) is 19.4 Å². The van der Waals surface area contributed by atoms with Gasteiger partial charge in [0.25, 0.3) is 0 Å². The zero-order valence-corrected chi connectivity index (χ0v) is 14.2. The minimum absolute atomic E-state index is 0.104. The van der Waals surface area contributed by atoms with Gasteiger partial charge in [-0.1, -0.05) is 20.8 Å². The molecular formula is C15H30N4O2. The molecule has 1 rings (SSSR count). The number of carbonyl (C=O) groups excluding carboxylic acids is 2. The van der Waals surface area contributed by atoms with Gasteiger partial charge in [0.1, 0.15) is 0 Å². The lowest BCUT2D eigenvalue weighted by atomic mass is 9.94. The van der Waals surface area contributed by atoms with Crippen molar-refractivity contribution in [3.05, 3.63) is 0 Å². The lowest BCUT2D eigenvalue weighted by Gasteiger charge is -2.32. The second-order valence-corrected chi connectivity index (χ2v) is 7.07. The highest BCUT2D eigenvalue weighted by atomic mass is 16.2. The number of urea groups is 1. The number of nitrogens with zero attached hydrogens (tertiary/aromatic N) is 2. The van der Waals surface area contributed by atoms with Gasteiger partial charge < -0.3 is 10.2 Å². The van der Waals surface area contributed by atoms with Crippen molar-refractivity contribution < 1.29 is 9.59 Å². The topological polar surface area (TPSA) is 64.7 Å². The summed E-state index contributed by atoms with van der Waals surface area (Å²) in [6.07, 6.45) is 2.00. The van der Waals surface area contributed by atoms with Crippen LogP contribution >= 0.6 is 0 Å². The zero-order chi connectivity index (χ0) is 16.2. The molecule has 0 aromatic heterocycles. The van der Waals surface area contributed by atoms with Gasteiger partial charge in [0.05, 0.1) is 0 Å². The van der Waals surface area contributed by atoms with Crippen LogP contribution in [0.2, 0.25) is 0 Å². The fourth-order valence-corrected chi connectivity index (χ4v) is 2.40. The molecule has 122 valence electrons. The standard InChI is InChI=1S/C15H30N4O2/c1-11(2)17-14(21)18(6)16-10-12-8-7-9-19(12)13(20)15(3,4)5/h11-12,16H,7-10H2,1-6H3,(H,17,21)/t12-/m0/s1. The maximum absolute atomic E-state index is 12.4. The van der Waals surface area contributed by atoms with Gasteiger partial charge in [-0.2, -0.15) is 0 Å². The third-order valence-electron chi connectivity index (χ3n) is 3.56. The molecule has 1 aliphatic rings. The highest BCUT2D eigenvalue weighted by Crippen LogP contribution is 2.24. The number of nitrogens with one attached hydrogen (secondary N) is 2. The van der Waals surface area contributed by atoms with Crippen LogP contribution in [0.4, 0.5) is 4.79 Å². The predicted octanol–water partition coefficient (Wildman–Crippen LogP) is 1.58. The molecule has 0 aromatic rings. The average molecular weight is 298 g/mol. The predicted molar refractivity (Wildman–Crippen MR) is 83.6 cm³/mol. The van der Waals surface area contributed by atoms with E-state index >= 15 is 0 Å². The molecule has 0 saturated carbocycles. The maximum atomic E-state index is 12.4. The molecule has 0 spiro atoms. The smallest absolute Gasteiger partial charge is 0.331 e. The van der Waals surface area contributed by atoms with Gasteiger partial charge in [0, 0.05) is 37.6 Å². The third kappa shape index (κ3) is 5.19. The average Bonchev–Trinajstić information content (AvgIpc) is 2.80. The Morgan fingerprint density at radius 1 is 1.33 bits per heavy atom. The summed E-state index contributed by atoms with van der Waals surface area (Å²) in [5.41, 5.74) is 2.74. The molecule has 6 nitrogen and oxygen atoms in total. The van der Waals surface area contributed by atoms with Crippen LogP contribution in [-0.4, -0.2) is 54.1 Å². The van der Waals surface area contributed by atoms with E-state index in [0.29, 0.717) is 6.54 Å². The Hall–Kier alpha value is -1.30. The normalized spacial score (nSPS) is 19.0. The number of hydrogen-bond acceptors (Lipinski definition) is 3. The van der Waals surface area contributed by atoms with Crippen molar-refractivity contribution in [2.45, 2.75) is 59.5 Å². The van der Waals surface area contributed by atoms with Crippen LogP contribution in [0, 0.1) is 5.41 Å². The quantitative estimate of drug-likeness (QED) is 0.775. The summed E-state index contributed by atoms with van der Waals surface area (Å²) in [7, 11) is 1.70. The maximum Gasteiger partial charge on any atom is 0.331 e. The summed E-state index contributed by atoms with van der Waals surface area (Å²) >= 11 is 0. The van der Waals surface area contributed by atoms with Crippen molar-refractivity contribution in [2.75, 3.05) is 20.1 Å². The van der Waals surface area contributed by atoms with E-state index in [2.05, 4.69) is 10.7 Å². The molecule has 0 radical (unpaired) electrons. The summed E-state index contributed by atoms with van der Waals surface area (Å²) in [5, 5.41) is 4.28. The molecule has 21 heavy (non-hydrogen) atoms. The summed E-state index contributed by atoms with van der Waals surface area (Å²) in [6, 6.07) is 0.106. The van der Waals surface area contributed by atoms with Gasteiger partial charge in [-0.25, -0.2) is 10.2 Å². The van der Waals surface area contributed by atoms with Crippen LogP contribution < -0.4 is 10.7 Å². The molecule has 6 heteroatoms. The highest BCUT2D eigenvalue weighted by molar-refractivity contribution is 5.82. The summed E-state index contributed by atoms with van der Waals surface area (Å²) in [6.45, 7) is 11.1. The van der Waals surface area contributed by atoms with Crippen LogP contribution in [0.15, 0.2) is 0 Å². The SMILES string of the molecule is CC(C)NC(=O)N(C)NC[C@@H]1CCCN1C(=O)C(C)(C)C. The van der Waals surface area contributed by atoms with Gasteiger partial charge in [-0.3, -0.25) is 9.80 Å². The van der Waals surface area contributed by atoms with Crippen molar-refractivity contribution in [2.24, 2.45) is 5.41 Å². The lowest BCUT2D eigenvalue weighted by Crippen LogP contribution is -2.52. The van der Waals surface area contributed by atoms with E-state index in [1.165, 1.54) is 5.01 Å². The molecule has 1 fully saturated rings. The van der Waals surface area contributed by atoms with E-state index in [4.69, 9.17) is 0 Å². The Morgan fingerprint density at radius 3 is 2.48 bits per heavy atom. The van der Waals surface area contributed by atoms with Gasteiger partial charge in [0.2, 0.25) is 5.91 Å². The molecule has 2 N–H and O–H groups in total. The van der Waals surface area contributed by atoms with Gasteiger partial charge in [-0.05, 0) is 26.7 Å². The van der Waals surface area contributed by atoms with E-state index in [1.807, 2.05) is 39.5 Å². The molecular weight excluding hydrogens is 268 g/mol. The first kappa shape index (κ1) is 17.8. The first-order valence-corrected chi connectivity index (χ1v) is 7.71. The van der Waals surface area contributed by atoms with Gasteiger partial charge in [-0.15, -0.1) is 0 Å². The van der Waals surface area contributed by atoms with Gasteiger partial charge in [0.15, 0.2) is 0 Å². The fourth-order valence-electron chi connectivity index (χ4n) is 2.40. The molecule has 1 atom stereocenters. The van der Waals surface area contributed by atoms with Crippen LogP contribution in [0.3, 0.4) is 0 Å². The molecule has 1 aliphatic heterocycles. The fraction of sp³-hybridized carbons (Fsp3) is 0.867. The Morgan fingerprint density at radius 2 is 1.95 bits per heavy atom. The van der Waals surface area contributed by atoms with E-state index in [9.17, 15) is 9.59 Å². The van der Waals surface area contributed by atoms with E-state index in [1.54, 1.807) is 7.05 Å². The molecule has 3 amide bonds. The number of amides is 3. The van der Waals surface area contributed by atoms with Crippen molar-refractivity contribution in [1.82, 2.24) is 20.7 Å². The second kappa shape index (κ2) is 7.11. The molecule has 0 aliphatic carbocycles. The first-order chi connectivity index (χ1) is 9.62. The van der Waals surface area contributed by atoms with Crippen molar-refractivity contribution in [1.29, 1.82) is 0 Å². The first-order valence-electron chi connectivity index (χ1n) is 7.71. The molecule has 1 saturated heterocycles. The van der Waals surface area contributed by atoms with Crippen molar-refractivity contribution in [3.63, 3.8) is 0 Å². The number of carbonyl (C=O) groups is 2. The Kier molecular flexibility index (Phi) is 6.01. The summed E-state index contributed by atoms with van der Waals surface area (Å²) in [4.78, 5) is 26.2. The number of rotatable bonds is 4. The summed E-state index contributed by atoms with van der Waals surface area (Å²) < 4.78 is 0. The zero-order valence-electron chi connectivity index (χ0n) is 14.2. The number of likely N-dealkylation sites (tertiary alicyclic amines) is 1. The van der Waals surface area contributed by atoms with Crippen LogP contribution in [0.25, 0.3) is 0 Å². The Balaban J connectivity index is 2.50. The molecule has 0 bridgehead atoms. The second-order valence-electron chi connectivity index (χ2n) is 7.07. The minimum atomic E-state index is -0.358. The third-order valence-corrected chi connectivity index (χ3v) is 3.56. The lowest BCUT2D eigenvalue weighted by molar-refractivity contribution is -0.140. The van der Waals surface area contributed by atoms with Gasteiger partial charge >= 0.3 is 6.03 Å². The Bertz CT molecular complexity index is 376. The molecule has 0 unspecified atom stereocenters. The monoisotopic (exact) mass is 298 g/mol. The highest BCUT2D eigenvalue weighted by Gasteiger charge is 2.34.